The van der Waals surface area contributed by atoms with E-state index in [1.165, 1.54) is 0 Å². The number of aromatic nitrogens is 2. The van der Waals surface area contributed by atoms with E-state index < -0.39 is 0 Å². The molecule has 0 aromatic carbocycles. The van der Waals surface area contributed by atoms with Gasteiger partial charge in [0, 0.05) is 58.1 Å². The van der Waals surface area contributed by atoms with Crippen LogP contribution in [0.4, 0.5) is 10.6 Å². The molecule has 0 aliphatic carbocycles. The van der Waals surface area contributed by atoms with Crippen molar-refractivity contribution >= 4 is 11.8 Å². The minimum Gasteiger partial charge on any atom is -0.379 e. The fraction of sp³-hybridized carbons (Fsp3) is 0.688. The molecule has 1 unspecified atom stereocenters. The number of carbonyl (C=O) groups excluding carboxylic acids is 1. The van der Waals surface area contributed by atoms with Crippen LogP contribution in [0.15, 0.2) is 18.6 Å². The number of amides is 2. The Morgan fingerprint density at radius 3 is 2.91 bits per heavy atom. The zero-order valence-electron chi connectivity index (χ0n) is 13.9. The van der Waals surface area contributed by atoms with Gasteiger partial charge in [-0.3, -0.25) is 4.98 Å². The van der Waals surface area contributed by atoms with Crippen molar-refractivity contribution < 1.29 is 9.53 Å². The maximum atomic E-state index is 12.3. The lowest BCUT2D eigenvalue weighted by Gasteiger charge is -2.44. The van der Waals surface area contributed by atoms with Crippen LogP contribution < -0.4 is 4.90 Å². The van der Waals surface area contributed by atoms with Crippen LogP contribution >= 0.6 is 0 Å². The summed E-state index contributed by atoms with van der Waals surface area (Å²) in [6.45, 7) is 4.59. The van der Waals surface area contributed by atoms with Crippen molar-refractivity contribution in [2.45, 2.75) is 12.8 Å². The van der Waals surface area contributed by atoms with Crippen LogP contribution in [0.1, 0.15) is 12.8 Å². The Labute approximate surface area is 137 Å². The summed E-state index contributed by atoms with van der Waals surface area (Å²) in [4.78, 5) is 26.8. The highest BCUT2D eigenvalue weighted by atomic mass is 16.5. The Kier molecular flexibility index (Phi) is 4.66. The monoisotopic (exact) mass is 319 g/mol. The zero-order valence-corrected chi connectivity index (χ0v) is 13.9. The van der Waals surface area contributed by atoms with E-state index in [-0.39, 0.29) is 11.4 Å². The fourth-order valence-corrected chi connectivity index (χ4v) is 3.54. The van der Waals surface area contributed by atoms with E-state index in [0.717, 1.165) is 44.8 Å². The average molecular weight is 319 g/mol. The highest BCUT2D eigenvalue weighted by Crippen LogP contribution is 2.34. The van der Waals surface area contributed by atoms with Crippen LogP contribution in [0.3, 0.4) is 0 Å². The lowest BCUT2D eigenvalue weighted by molar-refractivity contribution is 0.0210. The molecule has 126 valence electrons. The number of hydrogen-bond acceptors (Lipinski definition) is 5. The van der Waals surface area contributed by atoms with E-state index in [2.05, 4.69) is 14.9 Å². The highest BCUT2D eigenvalue weighted by Gasteiger charge is 2.40. The summed E-state index contributed by atoms with van der Waals surface area (Å²) in [5, 5.41) is 0. The highest BCUT2D eigenvalue weighted by molar-refractivity contribution is 5.74. The minimum absolute atomic E-state index is 0.0298. The standard InChI is InChI=1S/C16H25N5O2/c1-19(2)15(22)21-7-3-4-16(12-21)11-20(8-9-23-13-16)14-10-17-5-6-18-14/h5-6,10H,3-4,7-9,11-13H2,1-2H3. The quantitative estimate of drug-likeness (QED) is 0.775. The molecule has 2 aliphatic rings. The van der Waals surface area contributed by atoms with Gasteiger partial charge in [0.15, 0.2) is 0 Å². The summed E-state index contributed by atoms with van der Waals surface area (Å²) in [5.74, 6) is 0.883. The summed E-state index contributed by atoms with van der Waals surface area (Å²) in [6.07, 6.45) is 7.28. The summed E-state index contributed by atoms with van der Waals surface area (Å²) >= 11 is 0. The van der Waals surface area contributed by atoms with Crippen LogP contribution in [0.2, 0.25) is 0 Å². The number of rotatable bonds is 1. The van der Waals surface area contributed by atoms with E-state index in [1.807, 2.05) is 4.90 Å². The SMILES string of the molecule is CN(C)C(=O)N1CCCC2(COCCN(c3cnccn3)C2)C1. The summed E-state index contributed by atoms with van der Waals surface area (Å²) in [6, 6.07) is 0.0828. The predicted octanol–water partition coefficient (Wildman–Crippen LogP) is 1.08. The van der Waals surface area contributed by atoms with E-state index in [1.54, 1.807) is 37.6 Å². The molecular weight excluding hydrogens is 294 g/mol. The maximum Gasteiger partial charge on any atom is 0.319 e. The molecule has 2 fully saturated rings. The predicted molar refractivity (Wildman–Crippen MR) is 87.4 cm³/mol. The lowest BCUT2D eigenvalue weighted by Crippen LogP contribution is -2.54. The molecule has 1 aromatic heterocycles. The van der Waals surface area contributed by atoms with Gasteiger partial charge in [-0.25, -0.2) is 9.78 Å². The zero-order chi connectivity index (χ0) is 16.3. The normalized spacial score (nSPS) is 25.3. The third-order valence-corrected chi connectivity index (χ3v) is 4.63. The maximum absolute atomic E-state index is 12.3. The lowest BCUT2D eigenvalue weighted by atomic mass is 9.80. The first-order chi connectivity index (χ1) is 11.1. The molecule has 0 N–H and O–H groups in total. The summed E-state index contributed by atoms with van der Waals surface area (Å²) in [7, 11) is 3.61. The van der Waals surface area contributed by atoms with Crippen molar-refractivity contribution in [3.63, 3.8) is 0 Å². The Balaban J connectivity index is 1.77. The van der Waals surface area contributed by atoms with Gasteiger partial charge in [-0.15, -0.1) is 0 Å². The molecule has 0 bridgehead atoms. The number of anilines is 1. The molecule has 2 saturated heterocycles. The first kappa shape index (κ1) is 16.0. The van der Waals surface area contributed by atoms with Crippen LogP contribution in [-0.4, -0.2) is 79.3 Å². The number of ether oxygens (including phenoxy) is 1. The van der Waals surface area contributed by atoms with E-state index in [0.29, 0.717) is 13.2 Å². The topological polar surface area (TPSA) is 61.8 Å². The molecule has 1 atom stereocenters. The van der Waals surface area contributed by atoms with Gasteiger partial charge >= 0.3 is 6.03 Å². The molecule has 0 saturated carbocycles. The molecule has 7 nitrogen and oxygen atoms in total. The van der Waals surface area contributed by atoms with Crippen LogP contribution in [0.25, 0.3) is 0 Å². The van der Waals surface area contributed by atoms with Gasteiger partial charge in [-0.1, -0.05) is 0 Å². The minimum atomic E-state index is -0.0298. The second kappa shape index (κ2) is 6.70. The van der Waals surface area contributed by atoms with Crippen LogP contribution in [-0.2, 0) is 4.74 Å². The Hall–Kier alpha value is -1.89. The van der Waals surface area contributed by atoms with Crippen molar-refractivity contribution in [1.29, 1.82) is 0 Å². The average Bonchev–Trinajstić information content (AvgIpc) is 2.77. The Morgan fingerprint density at radius 2 is 2.17 bits per heavy atom. The first-order valence-electron chi connectivity index (χ1n) is 8.15. The molecule has 3 rings (SSSR count). The molecular formula is C16H25N5O2. The van der Waals surface area contributed by atoms with Crippen molar-refractivity contribution in [1.82, 2.24) is 19.8 Å². The Morgan fingerprint density at radius 1 is 1.30 bits per heavy atom. The summed E-state index contributed by atoms with van der Waals surface area (Å²) in [5.41, 5.74) is -0.0298. The molecule has 23 heavy (non-hydrogen) atoms. The third-order valence-electron chi connectivity index (χ3n) is 4.63. The smallest absolute Gasteiger partial charge is 0.319 e. The molecule has 1 aromatic rings. The van der Waals surface area contributed by atoms with Gasteiger partial charge in [0.2, 0.25) is 0 Å². The molecule has 7 heteroatoms. The van der Waals surface area contributed by atoms with Crippen molar-refractivity contribution in [2.75, 3.05) is 58.4 Å². The molecule has 0 radical (unpaired) electrons. The summed E-state index contributed by atoms with van der Waals surface area (Å²) < 4.78 is 5.89. The Bertz CT molecular complexity index is 539. The third kappa shape index (κ3) is 3.55. The number of hydrogen-bond donors (Lipinski definition) is 0. The number of likely N-dealkylation sites (tertiary alicyclic amines) is 1. The second-order valence-electron chi connectivity index (χ2n) is 6.74. The van der Waals surface area contributed by atoms with Crippen molar-refractivity contribution in [3.8, 4) is 0 Å². The number of piperidine rings is 1. The van der Waals surface area contributed by atoms with E-state index in [4.69, 9.17) is 4.74 Å². The van der Waals surface area contributed by atoms with Crippen molar-refractivity contribution in [3.05, 3.63) is 18.6 Å². The molecule has 2 amide bonds. The van der Waals surface area contributed by atoms with Gasteiger partial charge in [0.05, 0.1) is 19.4 Å². The van der Waals surface area contributed by atoms with Crippen LogP contribution in [0.5, 0.6) is 0 Å². The molecule has 2 aliphatic heterocycles. The van der Waals surface area contributed by atoms with E-state index >= 15 is 0 Å². The fourth-order valence-electron chi connectivity index (χ4n) is 3.54. The molecule has 3 heterocycles. The van der Waals surface area contributed by atoms with Gasteiger partial charge in [-0.2, -0.15) is 0 Å². The molecule has 1 spiro atoms. The van der Waals surface area contributed by atoms with Gasteiger partial charge < -0.3 is 19.4 Å². The second-order valence-corrected chi connectivity index (χ2v) is 6.74. The van der Waals surface area contributed by atoms with Crippen LogP contribution in [0, 0.1) is 5.41 Å². The number of carbonyl (C=O) groups is 1. The van der Waals surface area contributed by atoms with Gasteiger partial charge in [0.1, 0.15) is 5.82 Å². The van der Waals surface area contributed by atoms with Crippen molar-refractivity contribution in [2.24, 2.45) is 5.41 Å². The number of urea groups is 1. The largest absolute Gasteiger partial charge is 0.379 e. The first-order valence-corrected chi connectivity index (χ1v) is 8.15. The van der Waals surface area contributed by atoms with Gasteiger partial charge in [0.25, 0.3) is 0 Å². The number of nitrogens with zero attached hydrogens (tertiary/aromatic N) is 5. The van der Waals surface area contributed by atoms with Gasteiger partial charge in [-0.05, 0) is 12.8 Å². The van der Waals surface area contributed by atoms with E-state index in [9.17, 15) is 4.79 Å².